The predicted molar refractivity (Wildman–Crippen MR) is 101 cm³/mol. The lowest BCUT2D eigenvalue weighted by Gasteiger charge is -2.10. The van der Waals surface area contributed by atoms with E-state index >= 15 is 0 Å². The first-order chi connectivity index (χ1) is 12.6. The molecule has 0 bridgehead atoms. The Bertz CT molecular complexity index is 949. The van der Waals surface area contributed by atoms with Gasteiger partial charge in [-0.2, -0.15) is 0 Å². The number of nitrogens with one attached hydrogen (secondary N) is 1. The number of benzene rings is 2. The average molecular weight is 344 g/mol. The van der Waals surface area contributed by atoms with Crippen molar-refractivity contribution in [3.63, 3.8) is 0 Å². The van der Waals surface area contributed by atoms with Crippen LogP contribution >= 0.6 is 0 Å². The summed E-state index contributed by atoms with van der Waals surface area (Å²) in [6.45, 7) is 4.28. The quantitative estimate of drug-likeness (QED) is 0.715. The summed E-state index contributed by atoms with van der Waals surface area (Å²) >= 11 is 0. The van der Waals surface area contributed by atoms with Crippen molar-refractivity contribution in [2.75, 3.05) is 0 Å². The van der Waals surface area contributed by atoms with Crippen LogP contribution in [0.1, 0.15) is 43.1 Å². The van der Waals surface area contributed by atoms with E-state index in [2.05, 4.69) is 10.3 Å². The minimum atomic E-state index is -0.288. The Morgan fingerprint density at radius 3 is 2.31 bits per heavy atom. The van der Waals surface area contributed by atoms with E-state index in [-0.39, 0.29) is 11.7 Å². The van der Waals surface area contributed by atoms with Crippen molar-refractivity contribution in [2.45, 2.75) is 20.4 Å². The van der Waals surface area contributed by atoms with Crippen molar-refractivity contribution < 1.29 is 9.59 Å². The summed E-state index contributed by atoms with van der Waals surface area (Å²) in [5, 5.41) is 2.83. The van der Waals surface area contributed by atoms with E-state index in [0.717, 1.165) is 16.8 Å². The number of amides is 1. The van der Waals surface area contributed by atoms with Gasteiger partial charge in [0, 0.05) is 17.3 Å². The average Bonchev–Trinajstić information content (AvgIpc) is 2.68. The van der Waals surface area contributed by atoms with Gasteiger partial charge >= 0.3 is 0 Å². The molecule has 4 nitrogen and oxygen atoms in total. The van der Waals surface area contributed by atoms with Crippen molar-refractivity contribution in [3.05, 3.63) is 100 Å². The second-order valence-electron chi connectivity index (χ2n) is 6.18. The molecule has 0 spiro atoms. The number of hydrogen-bond acceptors (Lipinski definition) is 3. The topological polar surface area (TPSA) is 59.1 Å². The van der Waals surface area contributed by atoms with E-state index < -0.39 is 0 Å². The zero-order valence-electron chi connectivity index (χ0n) is 14.8. The molecule has 3 rings (SSSR count). The van der Waals surface area contributed by atoms with Crippen molar-refractivity contribution in [1.82, 2.24) is 10.3 Å². The maximum absolute atomic E-state index is 12.9. The lowest BCUT2D eigenvalue weighted by Crippen LogP contribution is -2.25. The summed E-state index contributed by atoms with van der Waals surface area (Å²) in [7, 11) is 0. The van der Waals surface area contributed by atoms with E-state index in [9.17, 15) is 9.59 Å². The highest BCUT2D eigenvalue weighted by Crippen LogP contribution is 2.17. The Labute approximate surface area is 152 Å². The molecular weight excluding hydrogens is 324 g/mol. The van der Waals surface area contributed by atoms with Gasteiger partial charge in [-0.3, -0.25) is 14.6 Å². The largest absolute Gasteiger partial charge is 0.346 e. The van der Waals surface area contributed by atoms with Crippen LogP contribution in [0.4, 0.5) is 0 Å². The third kappa shape index (κ3) is 3.86. The molecule has 0 fully saturated rings. The Morgan fingerprint density at radius 1 is 0.885 bits per heavy atom. The smallest absolute Gasteiger partial charge is 0.252 e. The zero-order valence-corrected chi connectivity index (χ0v) is 14.8. The lowest BCUT2D eigenvalue weighted by atomic mass is 9.95. The Morgan fingerprint density at radius 2 is 1.62 bits per heavy atom. The van der Waals surface area contributed by atoms with Crippen molar-refractivity contribution in [2.24, 2.45) is 0 Å². The number of rotatable bonds is 5. The Balaban J connectivity index is 1.84. The van der Waals surface area contributed by atoms with Gasteiger partial charge in [0.05, 0.1) is 17.8 Å². The summed E-state index contributed by atoms with van der Waals surface area (Å²) in [5.74, 6) is -0.444. The van der Waals surface area contributed by atoms with E-state index in [4.69, 9.17) is 0 Å². The second kappa shape index (κ2) is 7.74. The fourth-order valence-corrected chi connectivity index (χ4v) is 2.69. The van der Waals surface area contributed by atoms with E-state index in [0.29, 0.717) is 23.2 Å². The van der Waals surface area contributed by atoms with Gasteiger partial charge in [0.2, 0.25) is 0 Å². The number of aromatic nitrogens is 1. The molecule has 0 saturated carbocycles. The third-order valence-electron chi connectivity index (χ3n) is 4.34. The predicted octanol–water partition coefficient (Wildman–Crippen LogP) is 3.86. The molecule has 3 aromatic rings. The van der Waals surface area contributed by atoms with Crippen LogP contribution in [0.25, 0.3) is 0 Å². The van der Waals surface area contributed by atoms with Gasteiger partial charge in [0.25, 0.3) is 5.91 Å². The SMILES string of the molecule is Cc1ccc(C(=O)c2ccccc2C(=O)NCc2ccccn2)cc1C. The summed E-state index contributed by atoms with van der Waals surface area (Å²) in [5.41, 5.74) is 4.29. The van der Waals surface area contributed by atoms with Crippen LogP contribution in [-0.2, 0) is 6.54 Å². The van der Waals surface area contributed by atoms with Crippen LogP contribution in [0.2, 0.25) is 0 Å². The molecule has 2 aromatic carbocycles. The number of aryl methyl sites for hydroxylation is 2. The van der Waals surface area contributed by atoms with E-state index in [1.165, 1.54) is 0 Å². The number of hydrogen-bond donors (Lipinski definition) is 1. The van der Waals surface area contributed by atoms with Gasteiger partial charge in [0.15, 0.2) is 5.78 Å². The van der Waals surface area contributed by atoms with Gasteiger partial charge in [-0.1, -0.05) is 36.4 Å². The maximum Gasteiger partial charge on any atom is 0.252 e. The molecule has 1 amide bonds. The highest BCUT2D eigenvalue weighted by Gasteiger charge is 2.18. The highest BCUT2D eigenvalue weighted by atomic mass is 16.2. The summed E-state index contributed by atoms with van der Waals surface area (Å²) in [6, 6.07) is 18.0. The number of nitrogens with zero attached hydrogens (tertiary/aromatic N) is 1. The first-order valence-electron chi connectivity index (χ1n) is 8.45. The normalized spacial score (nSPS) is 10.4. The van der Waals surface area contributed by atoms with Crippen molar-refractivity contribution in [1.29, 1.82) is 0 Å². The number of ketones is 1. The molecule has 0 aliphatic carbocycles. The highest BCUT2D eigenvalue weighted by molar-refractivity contribution is 6.15. The molecule has 0 aliphatic rings. The van der Waals surface area contributed by atoms with Crippen LogP contribution in [0.5, 0.6) is 0 Å². The molecule has 4 heteroatoms. The van der Waals surface area contributed by atoms with Gasteiger partial charge in [-0.05, 0) is 49.2 Å². The van der Waals surface area contributed by atoms with Gasteiger partial charge in [-0.25, -0.2) is 0 Å². The second-order valence-corrected chi connectivity index (χ2v) is 6.18. The minimum Gasteiger partial charge on any atom is -0.346 e. The number of pyridine rings is 1. The summed E-state index contributed by atoms with van der Waals surface area (Å²) in [6.07, 6.45) is 1.68. The number of carbonyl (C=O) groups is 2. The third-order valence-corrected chi connectivity index (χ3v) is 4.34. The number of carbonyl (C=O) groups excluding carboxylic acids is 2. The molecule has 0 aliphatic heterocycles. The van der Waals surface area contributed by atoms with E-state index in [1.807, 2.05) is 44.2 Å². The van der Waals surface area contributed by atoms with Crippen LogP contribution in [0.15, 0.2) is 66.9 Å². The Hall–Kier alpha value is -3.27. The molecular formula is C22H20N2O2. The van der Waals surface area contributed by atoms with Gasteiger partial charge in [0.1, 0.15) is 0 Å². The lowest BCUT2D eigenvalue weighted by molar-refractivity contribution is 0.0939. The van der Waals surface area contributed by atoms with Crippen LogP contribution < -0.4 is 5.32 Å². The maximum atomic E-state index is 12.9. The molecule has 1 aromatic heterocycles. The molecule has 0 unspecified atom stereocenters. The molecule has 1 heterocycles. The minimum absolute atomic E-state index is 0.156. The van der Waals surface area contributed by atoms with E-state index in [1.54, 1.807) is 36.5 Å². The fraction of sp³-hybridized carbons (Fsp3) is 0.136. The first kappa shape index (κ1) is 17.5. The first-order valence-corrected chi connectivity index (χ1v) is 8.45. The molecule has 0 saturated heterocycles. The molecule has 0 atom stereocenters. The van der Waals surface area contributed by atoms with Crippen molar-refractivity contribution in [3.8, 4) is 0 Å². The fourth-order valence-electron chi connectivity index (χ4n) is 2.69. The molecule has 1 N–H and O–H groups in total. The van der Waals surface area contributed by atoms with Crippen LogP contribution in [-0.4, -0.2) is 16.7 Å². The monoisotopic (exact) mass is 344 g/mol. The summed E-state index contributed by atoms with van der Waals surface area (Å²) < 4.78 is 0. The van der Waals surface area contributed by atoms with Gasteiger partial charge in [-0.15, -0.1) is 0 Å². The van der Waals surface area contributed by atoms with Crippen molar-refractivity contribution >= 4 is 11.7 Å². The van der Waals surface area contributed by atoms with Gasteiger partial charge < -0.3 is 5.32 Å². The van der Waals surface area contributed by atoms with Crippen LogP contribution in [0, 0.1) is 13.8 Å². The molecule has 26 heavy (non-hydrogen) atoms. The molecule has 0 radical (unpaired) electrons. The Kier molecular flexibility index (Phi) is 5.23. The standard InChI is InChI=1S/C22H20N2O2/c1-15-10-11-17(13-16(15)2)21(25)19-8-3-4-9-20(19)22(26)24-14-18-7-5-6-12-23-18/h3-13H,14H2,1-2H3,(H,24,26). The zero-order chi connectivity index (χ0) is 18.5. The molecule has 130 valence electrons. The van der Waals surface area contributed by atoms with Crippen LogP contribution in [0.3, 0.4) is 0 Å². The summed E-state index contributed by atoms with van der Waals surface area (Å²) in [4.78, 5) is 29.7.